The van der Waals surface area contributed by atoms with Crippen LogP contribution in [0.3, 0.4) is 0 Å². The summed E-state index contributed by atoms with van der Waals surface area (Å²) in [4.78, 5) is 0.399. The van der Waals surface area contributed by atoms with Crippen molar-refractivity contribution in [1.29, 1.82) is 0 Å². The zero-order valence-corrected chi connectivity index (χ0v) is 12.3. The number of nitrogens with one attached hydrogen (secondary N) is 2. The van der Waals surface area contributed by atoms with E-state index in [2.05, 4.69) is 17.0 Å². The predicted octanol–water partition coefficient (Wildman–Crippen LogP) is 1.87. The van der Waals surface area contributed by atoms with Crippen LogP contribution in [0.5, 0.6) is 0 Å². The minimum absolute atomic E-state index is 0.104. The number of hydrogen-bond donors (Lipinski definition) is 2. The molecule has 0 aliphatic heterocycles. The van der Waals surface area contributed by atoms with Gasteiger partial charge in [-0.05, 0) is 36.9 Å². The summed E-state index contributed by atoms with van der Waals surface area (Å²) >= 11 is 0. The summed E-state index contributed by atoms with van der Waals surface area (Å²) in [6.07, 6.45) is 1.88. The van der Waals surface area contributed by atoms with E-state index in [1.807, 2.05) is 19.1 Å². The van der Waals surface area contributed by atoms with Gasteiger partial charge >= 0.3 is 0 Å². The molecule has 1 aliphatic rings. The molecule has 2 rings (SSSR count). The highest BCUT2D eigenvalue weighted by Gasteiger charge is 2.30. The van der Waals surface area contributed by atoms with Gasteiger partial charge in [-0.1, -0.05) is 32.0 Å². The maximum Gasteiger partial charge on any atom is 0.241 e. The molecular weight excluding hydrogens is 260 g/mol. The van der Waals surface area contributed by atoms with Crippen LogP contribution < -0.4 is 10.0 Å². The second-order valence-electron chi connectivity index (χ2n) is 5.28. The third kappa shape index (κ3) is 3.55. The van der Waals surface area contributed by atoms with Crippen LogP contribution in [0.15, 0.2) is 29.2 Å². The standard InChI is InChI=1S/C14H22N2O2S/c1-3-15-10-12-6-4-5-7-14(12)19(17,18)16-13-8-11(2)9-13/h4-7,11,13,15-16H,3,8-10H2,1-2H3. The minimum atomic E-state index is -3.39. The molecule has 19 heavy (non-hydrogen) atoms. The summed E-state index contributed by atoms with van der Waals surface area (Å²) in [6, 6.07) is 7.29. The Kier molecular flexibility index (Phi) is 4.60. The van der Waals surface area contributed by atoms with Crippen molar-refractivity contribution in [1.82, 2.24) is 10.0 Å². The molecular formula is C14H22N2O2S. The molecule has 106 valence electrons. The molecule has 0 heterocycles. The van der Waals surface area contributed by atoms with Crippen molar-refractivity contribution in [2.45, 2.75) is 44.2 Å². The van der Waals surface area contributed by atoms with Crippen LogP contribution in [-0.2, 0) is 16.6 Å². The Labute approximate surface area is 115 Å². The van der Waals surface area contributed by atoms with Crippen LogP contribution in [-0.4, -0.2) is 21.0 Å². The second kappa shape index (κ2) is 6.03. The molecule has 0 bridgehead atoms. The zero-order valence-electron chi connectivity index (χ0n) is 11.5. The quantitative estimate of drug-likeness (QED) is 0.837. The van der Waals surface area contributed by atoms with Crippen molar-refractivity contribution in [2.24, 2.45) is 5.92 Å². The average molecular weight is 282 g/mol. The van der Waals surface area contributed by atoms with Crippen molar-refractivity contribution >= 4 is 10.0 Å². The summed E-state index contributed by atoms with van der Waals surface area (Å²) < 4.78 is 27.6. The van der Waals surface area contributed by atoms with Crippen LogP contribution in [0.1, 0.15) is 32.3 Å². The van der Waals surface area contributed by atoms with E-state index in [-0.39, 0.29) is 6.04 Å². The van der Waals surface area contributed by atoms with Crippen molar-refractivity contribution < 1.29 is 8.42 Å². The SMILES string of the molecule is CCNCc1ccccc1S(=O)(=O)NC1CC(C)C1. The molecule has 0 amide bonds. The Morgan fingerprint density at radius 3 is 2.58 bits per heavy atom. The Morgan fingerprint density at radius 1 is 1.26 bits per heavy atom. The number of sulfonamides is 1. The largest absolute Gasteiger partial charge is 0.313 e. The maximum absolute atomic E-state index is 12.4. The zero-order chi connectivity index (χ0) is 13.9. The molecule has 0 radical (unpaired) electrons. The van der Waals surface area contributed by atoms with Crippen LogP contribution in [0.2, 0.25) is 0 Å². The third-order valence-corrected chi connectivity index (χ3v) is 5.14. The first-order valence-corrected chi connectivity index (χ1v) is 8.32. The van der Waals surface area contributed by atoms with Crippen molar-refractivity contribution in [3.63, 3.8) is 0 Å². The Morgan fingerprint density at radius 2 is 1.95 bits per heavy atom. The molecule has 1 aromatic carbocycles. The second-order valence-corrected chi connectivity index (χ2v) is 6.97. The van der Waals surface area contributed by atoms with E-state index in [0.717, 1.165) is 24.9 Å². The van der Waals surface area contributed by atoms with E-state index in [1.54, 1.807) is 12.1 Å². The molecule has 5 heteroatoms. The predicted molar refractivity (Wildman–Crippen MR) is 76.3 cm³/mol. The first-order valence-electron chi connectivity index (χ1n) is 6.84. The molecule has 1 saturated carbocycles. The van der Waals surface area contributed by atoms with Crippen LogP contribution in [0, 0.1) is 5.92 Å². The van der Waals surface area contributed by atoms with Gasteiger partial charge in [0.25, 0.3) is 0 Å². The fourth-order valence-electron chi connectivity index (χ4n) is 2.45. The number of benzene rings is 1. The van der Waals surface area contributed by atoms with E-state index >= 15 is 0 Å². The lowest BCUT2D eigenvalue weighted by Gasteiger charge is -2.33. The van der Waals surface area contributed by atoms with E-state index in [0.29, 0.717) is 17.4 Å². The van der Waals surface area contributed by atoms with Crippen LogP contribution in [0.4, 0.5) is 0 Å². The van der Waals surface area contributed by atoms with E-state index in [4.69, 9.17) is 0 Å². The highest BCUT2D eigenvalue weighted by Crippen LogP contribution is 2.28. The van der Waals surface area contributed by atoms with E-state index < -0.39 is 10.0 Å². The lowest BCUT2D eigenvalue weighted by molar-refractivity contribution is 0.270. The highest BCUT2D eigenvalue weighted by molar-refractivity contribution is 7.89. The number of hydrogen-bond acceptors (Lipinski definition) is 3. The van der Waals surface area contributed by atoms with Gasteiger partial charge in [-0.3, -0.25) is 0 Å². The first kappa shape index (κ1) is 14.5. The summed E-state index contributed by atoms with van der Waals surface area (Å²) in [7, 11) is -3.39. The molecule has 0 aromatic heterocycles. The molecule has 0 saturated heterocycles. The normalized spacial score (nSPS) is 23.1. The monoisotopic (exact) mass is 282 g/mol. The molecule has 0 atom stereocenters. The van der Waals surface area contributed by atoms with Gasteiger partial charge in [0.15, 0.2) is 0 Å². The van der Waals surface area contributed by atoms with Gasteiger partial charge in [-0.25, -0.2) is 13.1 Å². The Hall–Kier alpha value is -0.910. The smallest absolute Gasteiger partial charge is 0.241 e. The number of rotatable bonds is 6. The summed E-state index contributed by atoms with van der Waals surface area (Å²) in [5, 5.41) is 3.17. The fourth-order valence-corrected chi connectivity index (χ4v) is 3.95. The topological polar surface area (TPSA) is 58.2 Å². The van der Waals surface area contributed by atoms with Gasteiger partial charge in [0, 0.05) is 12.6 Å². The van der Waals surface area contributed by atoms with Crippen molar-refractivity contribution in [2.75, 3.05) is 6.54 Å². The Balaban J connectivity index is 2.15. The summed E-state index contributed by atoms with van der Waals surface area (Å²) in [5.74, 6) is 0.629. The summed E-state index contributed by atoms with van der Waals surface area (Å²) in [6.45, 7) is 5.55. The van der Waals surface area contributed by atoms with Crippen molar-refractivity contribution in [3.05, 3.63) is 29.8 Å². The molecule has 0 spiro atoms. The maximum atomic E-state index is 12.4. The molecule has 1 fully saturated rings. The van der Waals surface area contributed by atoms with Crippen LogP contribution in [0.25, 0.3) is 0 Å². The van der Waals surface area contributed by atoms with E-state index in [1.165, 1.54) is 0 Å². The molecule has 1 aromatic rings. The molecule has 4 nitrogen and oxygen atoms in total. The average Bonchev–Trinajstić information content (AvgIpc) is 2.34. The minimum Gasteiger partial charge on any atom is -0.313 e. The van der Waals surface area contributed by atoms with Gasteiger partial charge in [0.2, 0.25) is 10.0 Å². The molecule has 0 unspecified atom stereocenters. The molecule has 1 aliphatic carbocycles. The lowest BCUT2D eigenvalue weighted by atomic mass is 9.83. The highest BCUT2D eigenvalue weighted by atomic mass is 32.2. The van der Waals surface area contributed by atoms with Crippen molar-refractivity contribution in [3.8, 4) is 0 Å². The van der Waals surface area contributed by atoms with Gasteiger partial charge in [-0.15, -0.1) is 0 Å². The van der Waals surface area contributed by atoms with Gasteiger partial charge in [0.1, 0.15) is 0 Å². The van der Waals surface area contributed by atoms with E-state index in [9.17, 15) is 8.42 Å². The third-order valence-electron chi connectivity index (χ3n) is 3.52. The van der Waals surface area contributed by atoms with Crippen LogP contribution >= 0.6 is 0 Å². The van der Waals surface area contributed by atoms with Gasteiger partial charge in [0.05, 0.1) is 4.90 Å². The Bertz CT molecular complexity index is 522. The van der Waals surface area contributed by atoms with Gasteiger partial charge in [-0.2, -0.15) is 0 Å². The molecule has 2 N–H and O–H groups in total. The first-order chi connectivity index (χ1) is 9.03. The summed E-state index contributed by atoms with van der Waals surface area (Å²) in [5.41, 5.74) is 0.823. The lowest BCUT2D eigenvalue weighted by Crippen LogP contribution is -2.43. The van der Waals surface area contributed by atoms with Gasteiger partial charge < -0.3 is 5.32 Å². The fraction of sp³-hybridized carbons (Fsp3) is 0.571.